The molecule has 2 rings (SSSR count). The summed E-state index contributed by atoms with van der Waals surface area (Å²) in [7, 11) is 0. The zero-order valence-corrected chi connectivity index (χ0v) is 13.6. The number of thiol groups is 1. The fourth-order valence-electron chi connectivity index (χ4n) is 2.18. The van der Waals surface area contributed by atoms with Gasteiger partial charge in [-0.2, -0.15) is 12.6 Å². The van der Waals surface area contributed by atoms with Crippen LogP contribution in [0.4, 0.5) is 0 Å². The van der Waals surface area contributed by atoms with Gasteiger partial charge in [0.15, 0.2) is 5.16 Å². The van der Waals surface area contributed by atoms with Gasteiger partial charge in [0.2, 0.25) is 0 Å². The number of rotatable bonds is 4. The van der Waals surface area contributed by atoms with Crippen molar-refractivity contribution in [1.29, 1.82) is 0 Å². The molecule has 1 aliphatic heterocycles. The Morgan fingerprint density at radius 1 is 1.16 bits per heavy atom. The molecule has 0 aliphatic carbocycles. The van der Waals surface area contributed by atoms with Crippen molar-refractivity contribution in [1.82, 2.24) is 9.97 Å². The highest BCUT2D eigenvalue weighted by molar-refractivity contribution is 7.99. The number of aromatic nitrogens is 2. The third kappa shape index (κ3) is 3.64. The summed E-state index contributed by atoms with van der Waals surface area (Å²) in [5.41, 5.74) is 3.64. The van der Waals surface area contributed by atoms with Gasteiger partial charge in [0, 0.05) is 30.4 Å². The van der Waals surface area contributed by atoms with Crippen LogP contribution in [0.15, 0.2) is 5.16 Å². The Morgan fingerprint density at radius 3 is 2.26 bits per heavy atom. The van der Waals surface area contributed by atoms with Gasteiger partial charge in [-0.05, 0) is 50.3 Å². The lowest BCUT2D eigenvalue weighted by molar-refractivity contribution is 0.0371. The highest BCUT2D eigenvalue weighted by Crippen LogP contribution is 2.36. The lowest BCUT2D eigenvalue weighted by Gasteiger charge is -2.35. The molecule has 0 saturated carbocycles. The van der Waals surface area contributed by atoms with Crippen LogP contribution in [0.3, 0.4) is 0 Å². The molecule has 1 aromatic heterocycles. The van der Waals surface area contributed by atoms with E-state index in [1.807, 2.05) is 0 Å². The maximum atomic E-state index is 5.46. The average Bonchev–Trinajstić information content (AvgIpc) is 2.43. The SMILES string of the molecule is Cc1nc(SCC2(CS)CCOCC2)nc(C)c1C. The molecule has 5 heteroatoms. The van der Waals surface area contributed by atoms with Crippen molar-refractivity contribution in [2.24, 2.45) is 5.41 Å². The topological polar surface area (TPSA) is 35.0 Å². The average molecular weight is 298 g/mol. The van der Waals surface area contributed by atoms with Crippen LogP contribution in [-0.2, 0) is 4.74 Å². The summed E-state index contributed by atoms with van der Waals surface area (Å²) >= 11 is 6.30. The van der Waals surface area contributed by atoms with Gasteiger partial charge in [-0.3, -0.25) is 0 Å². The van der Waals surface area contributed by atoms with Crippen LogP contribution in [0.1, 0.15) is 29.8 Å². The lowest BCUT2D eigenvalue weighted by Crippen LogP contribution is -2.33. The maximum Gasteiger partial charge on any atom is 0.188 e. The Labute approximate surface area is 125 Å². The number of aryl methyl sites for hydroxylation is 2. The molecule has 0 atom stereocenters. The minimum absolute atomic E-state index is 0.280. The van der Waals surface area contributed by atoms with Gasteiger partial charge in [-0.1, -0.05) is 11.8 Å². The number of thioether (sulfide) groups is 1. The molecule has 19 heavy (non-hydrogen) atoms. The van der Waals surface area contributed by atoms with Crippen LogP contribution < -0.4 is 0 Å². The Morgan fingerprint density at radius 2 is 1.74 bits per heavy atom. The quantitative estimate of drug-likeness (QED) is 0.526. The monoisotopic (exact) mass is 298 g/mol. The molecular formula is C14H22N2OS2. The molecule has 1 saturated heterocycles. The Hall–Kier alpha value is -0.260. The van der Waals surface area contributed by atoms with Crippen LogP contribution in [0, 0.1) is 26.2 Å². The number of ether oxygens (including phenoxy) is 1. The smallest absolute Gasteiger partial charge is 0.188 e. The third-order valence-corrected chi connectivity index (χ3v) is 5.88. The second-order valence-corrected chi connectivity index (χ2v) is 6.62. The Bertz CT molecular complexity index is 422. The molecule has 0 unspecified atom stereocenters. The summed E-state index contributed by atoms with van der Waals surface area (Å²) in [6.45, 7) is 7.89. The van der Waals surface area contributed by atoms with Gasteiger partial charge in [0.1, 0.15) is 0 Å². The highest BCUT2D eigenvalue weighted by Gasteiger charge is 2.31. The molecule has 0 amide bonds. The minimum Gasteiger partial charge on any atom is -0.381 e. The van der Waals surface area contributed by atoms with Crippen molar-refractivity contribution in [3.63, 3.8) is 0 Å². The van der Waals surface area contributed by atoms with Crippen molar-refractivity contribution in [3.8, 4) is 0 Å². The molecule has 0 aromatic carbocycles. The fraction of sp³-hybridized carbons (Fsp3) is 0.714. The first-order valence-electron chi connectivity index (χ1n) is 6.70. The van der Waals surface area contributed by atoms with Crippen LogP contribution in [0.25, 0.3) is 0 Å². The van der Waals surface area contributed by atoms with Crippen molar-refractivity contribution < 1.29 is 4.74 Å². The van der Waals surface area contributed by atoms with E-state index in [9.17, 15) is 0 Å². The predicted octanol–water partition coefficient (Wildman–Crippen LogP) is 3.22. The van der Waals surface area contributed by atoms with Crippen molar-refractivity contribution in [2.45, 2.75) is 38.8 Å². The Balaban J connectivity index is 2.05. The van der Waals surface area contributed by atoms with E-state index in [0.29, 0.717) is 0 Å². The van der Waals surface area contributed by atoms with Crippen LogP contribution in [0.5, 0.6) is 0 Å². The van der Waals surface area contributed by atoms with Gasteiger partial charge in [-0.25, -0.2) is 9.97 Å². The van der Waals surface area contributed by atoms with Gasteiger partial charge in [0.25, 0.3) is 0 Å². The van der Waals surface area contributed by atoms with Crippen LogP contribution in [-0.4, -0.2) is 34.7 Å². The number of nitrogens with zero attached hydrogens (tertiary/aromatic N) is 2. The third-order valence-electron chi connectivity index (χ3n) is 4.01. The van der Waals surface area contributed by atoms with Crippen molar-refractivity contribution in [2.75, 3.05) is 24.7 Å². The largest absolute Gasteiger partial charge is 0.381 e. The zero-order valence-electron chi connectivity index (χ0n) is 11.9. The second-order valence-electron chi connectivity index (χ2n) is 5.36. The van der Waals surface area contributed by atoms with Gasteiger partial charge < -0.3 is 4.74 Å². The summed E-state index contributed by atoms with van der Waals surface area (Å²) in [6.07, 6.45) is 2.18. The molecule has 1 aliphatic rings. The predicted molar refractivity (Wildman–Crippen MR) is 83.3 cm³/mol. The van der Waals surface area contributed by atoms with E-state index < -0.39 is 0 Å². The van der Waals surface area contributed by atoms with Crippen molar-refractivity contribution in [3.05, 3.63) is 17.0 Å². The van der Waals surface area contributed by atoms with E-state index in [1.165, 1.54) is 5.56 Å². The molecule has 1 fully saturated rings. The zero-order chi connectivity index (χ0) is 13.9. The minimum atomic E-state index is 0.280. The summed E-state index contributed by atoms with van der Waals surface area (Å²) in [4.78, 5) is 9.16. The molecule has 106 valence electrons. The van der Waals surface area contributed by atoms with Crippen molar-refractivity contribution >= 4 is 24.4 Å². The van der Waals surface area contributed by atoms with Gasteiger partial charge >= 0.3 is 0 Å². The lowest BCUT2D eigenvalue weighted by atomic mass is 9.84. The molecule has 0 bridgehead atoms. The van der Waals surface area contributed by atoms with E-state index in [1.54, 1.807) is 11.8 Å². The first kappa shape index (κ1) is 15.1. The Kier molecular flexibility index (Phi) is 5.15. The van der Waals surface area contributed by atoms with E-state index in [2.05, 4.69) is 43.4 Å². The number of hydrogen-bond acceptors (Lipinski definition) is 5. The summed E-state index contributed by atoms with van der Waals surface area (Å²) in [5.74, 6) is 1.94. The molecule has 2 heterocycles. The normalized spacial score (nSPS) is 18.5. The van der Waals surface area contributed by atoms with Crippen LogP contribution in [0.2, 0.25) is 0 Å². The molecule has 3 nitrogen and oxygen atoms in total. The summed E-state index contributed by atoms with van der Waals surface area (Å²) < 4.78 is 5.46. The summed E-state index contributed by atoms with van der Waals surface area (Å²) in [6, 6.07) is 0. The van der Waals surface area contributed by atoms with Gasteiger partial charge in [-0.15, -0.1) is 0 Å². The van der Waals surface area contributed by atoms with Crippen LogP contribution >= 0.6 is 24.4 Å². The summed E-state index contributed by atoms with van der Waals surface area (Å²) in [5, 5.41) is 0.897. The van der Waals surface area contributed by atoms with E-state index >= 15 is 0 Å². The molecule has 0 N–H and O–H groups in total. The second kappa shape index (κ2) is 6.46. The first-order valence-corrected chi connectivity index (χ1v) is 8.31. The first-order chi connectivity index (χ1) is 9.06. The standard InChI is InChI=1S/C14H22N2OS2/c1-10-11(2)15-13(16-12(10)3)19-9-14(8-18)4-6-17-7-5-14/h18H,4-9H2,1-3H3. The molecule has 0 radical (unpaired) electrons. The molecular weight excluding hydrogens is 276 g/mol. The fourth-order valence-corrected chi connectivity index (χ4v) is 3.98. The van der Waals surface area contributed by atoms with E-state index in [0.717, 1.165) is 54.1 Å². The molecule has 0 spiro atoms. The van der Waals surface area contributed by atoms with E-state index in [4.69, 9.17) is 4.74 Å². The molecule has 1 aromatic rings. The maximum absolute atomic E-state index is 5.46. The highest BCUT2D eigenvalue weighted by atomic mass is 32.2. The van der Waals surface area contributed by atoms with E-state index in [-0.39, 0.29) is 5.41 Å². The number of hydrogen-bond donors (Lipinski definition) is 1. The van der Waals surface area contributed by atoms with Gasteiger partial charge in [0.05, 0.1) is 0 Å².